The average molecular weight is 563 g/mol. The van der Waals surface area contributed by atoms with E-state index in [1.54, 1.807) is 11.7 Å². The minimum Gasteiger partial charge on any atom is -0.497 e. The van der Waals surface area contributed by atoms with Crippen LogP contribution in [0.4, 0.5) is 5.69 Å². The van der Waals surface area contributed by atoms with E-state index in [0.29, 0.717) is 32.0 Å². The Morgan fingerprint density at radius 3 is 2.44 bits per heavy atom. The lowest BCUT2D eigenvalue weighted by atomic mass is 9.95. The maximum Gasteiger partial charge on any atom is 0.271 e. The molecule has 0 saturated heterocycles. The number of para-hydroxylation sites is 2. The van der Waals surface area contributed by atoms with Crippen LogP contribution in [0.25, 0.3) is 17.0 Å². The minimum absolute atomic E-state index is 0.187. The van der Waals surface area contributed by atoms with Crippen molar-refractivity contribution in [3.63, 3.8) is 0 Å². The highest BCUT2D eigenvalue weighted by atomic mass is 32.1. The molecule has 206 valence electrons. The fourth-order valence-electron chi connectivity index (χ4n) is 5.35. The predicted molar refractivity (Wildman–Crippen MR) is 164 cm³/mol. The Balaban J connectivity index is 1.53. The number of hydrogen-bond donors (Lipinski definition) is 1. The van der Waals surface area contributed by atoms with Gasteiger partial charge in [-0.3, -0.25) is 14.2 Å². The van der Waals surface area contributed by atoms with Crippen LogP contribution in [0.1, 0.15) is 44.0 Å². The van der Waals surface area contributed by atoms with Crippen LogP contribution in [0, 0.1) is 0 Å². The third-order valence-electron chi connectivity index (χ3n) is 7.34. The summed E-state index contributed by atoms with van der Waals surface area (Å²) in [7, 11) is 1.61. The first-order valence-corrected chi connectivity index (χ1v) is 14.3. The Labute approximate surface area is 241 Å². The molecule has 1 amide bonds. The SMILES string of the molecule is COc1ccc([C@@H]2C(C(=O)Nc3ccccc3)=C(C)N=c3s/c(=C/c4cn(C(C)C)c5ccccc45)c(=O)n32)cc1. The maximum absolute atomic E-state index is 14.1. The van der Waals surface area contributed by atoms with Crippen LogP contribution in [-0.2, 0) is 4.79 Å². The summed E-state index contributed by atoms with van der Waals surface area (Å²) in [6.07, 6.45) is 4.04. The van der Waals surface area contributed by atoms with Gasteiger partial charge in [0, 0.05) is 34.4 Å². The molecule has 7 nitrogen and oxygen atoms in total. The predicted octanol–water partition coefficient (Wildman–Crippen LogP) is 5.42. The first kappa shape index (κ1) is 26.5. The number of hydrogen-bond acceptors (Lipinski definition) is 5. The van der Waals surface area contributed by atoms with E-state index in [2.05, 4.69) is 42.1 Å². The minimum atomic E-state index is -0.653. The zero-order valence-corrected chi connectivity index (χ0v) is 24.1. The fourth-order valence-corrected chi connectivity index (χ4v) is 6.39. The third kappa shape index (κ3) is 4.80. The Kier molecular flexibility index (Phi) is 6.93. The third-order valence-corrected chi connectivity index (χ3v) is 8.33. The number of fused-ring (bicyclic) bond motifs is 2. The molecule has 1 atom stereocenters. The summed E-state index contributed by atoms with van der Waals surface area (Å²) in [4.78, 5) is 33.2. The number of carbonyl (C=O) groups excluding carboxylic acids is 1. The summed E-state index contributed by atoms with van der Waals surface area (Å²) in [5.74, 6) is 0.395. The van der Waals surface area contributed by atoms with E-state index in [0.717, 1.165) is 22.0 Å². The van der Waals surface area contributed by atoms with E-state index in [9.17, 15) is 9.59 Å². The van der Waals surface area contributed by atoms with Crippen molar-refractivity contribution >= 4 is 39.9 Å². The van der Waals surface area contributed by atoms with Crippen LogP contribution in [0.15, 0.2) is 106 Å². The highest BCUT2D eigenvalue weighted by molar-refractivity contribution is 7.07. The van der Waals surface area contributed by atoms with Crippen molar-refractivity contribution in [2.75, 3.05) is 12.4 Å². The molecule has 3 heterocycles. The molecule has 1 aliphatic heterocycles. The second-order valence-corrected chi connectivity index (χ2v) is 11.3. The Morgan fingerprint density at radius 1 is 1.02 bits per heavy atom. The molecule has 0 bridgehead atoms. The van der Waals surface area contributed by atoms with Crippen LogP contribution >= 0.6 is 11.3 Å². The van der Waals surface area contributed by atoms with E-state index in [-0.39, 0.29) is 17.5 Å². The Morgan fingerprint density at radius 2 is 1.73 bits per heavy atom. The van der Waals surface area contributed by atoms with Crippen LogP contribution in [0.2, 0.25) is 0 Å². The molecule has 0 aliphatic carbocycles. The van der Waals surface area contributed by atoms with Crippen molar-refractivity contribution in [3.05, 3.63) is 127 Å². The lowest BCUT2D eigenvalue weighted by Crippen LogP contribution is -2.40. The highest BCUT2D eigenvalue weighted by Gasteiger charge is 2.32. The van der Waals surface area contributed by atoms with Gasteiger partial charge in [0.15, 0.2) is 4.80 Å². The van der Waals surface area contributed by atoms with E-state index in [1.807, 2.05) is 79.7 Å². The molecule has 0 fully saturated rings. The van der Waals surface area contributed by atoms with Crippen LogP contribution < -0.4 is 24.9 Å². The molecule has 0 radical (unpaired) electrons. The van der Waals surface area contributed by atoms with Gasteiger partial charge in [-0.25, -0.2) is 4.99 Å². The number of ether oxygens (including phenoxy) is 1. The van der Waals surface area contributed by atoms with Gasteiger partial charge in [0.05, 0.1) is 29.0 Å². The van der Waals surface area contributed by atoms with Crippen molar-refractivity contribution in [2.45, 2.75) is 32.9 Å². The second kappa shape index (κ2) is 10.7. The Bertz CT molecular complexity index is 1980. The molecule has 3 aromatic carbocycles. The van der Waals surface area contributed by atoms with Crippen molar-refractivity contribution in [1.29, 1.82) is 0 Å². The van der Waals surface area contributed by atoms with Crippen LogP contribution in [0.5, 0.6) is 5.75 Å². The van der Waals surface area contributed by atoms with Crippen LogP contribution in [-0.4, -0.2) is 22.2 Å². The van der Waals surface area contributed by atoms with Gasteiger partial charge in [0.1, 0.15) is 5.75 Å². The monoisotopic (exact) mass is 562 g/mol. The number of amides is 1. The molecule has 5 aromatic rings. The number of benzene rings is 3. The van der Waals surface area contributed by atoms with Gasteiger partial charge in [-0.15, -0.1) is 0 Å². The number of methoxy groups -OCH3 is 1. The molecular weight excluding hydrogens is 532 g/mol. The first-order chi connectivity index (χ1) is 19.9. The second-order valence-electron chi connectivity index (χ2n) is 10.3. The lowest BCUT2D eigenvalue weighted by molar-refractivity contribution is -0.113. The quantitative estimate of drug-likeness (QED) is 0.300. The largest absolute Gasteiger partial charge is 0.497 e. The molecule has 0 saturated carbocycles. The smallest absolute Gasteiger partial charge is 0.271 e. The highest BCUT2D eigenvalue weighted by Crippen LogP contribution is 2.32. The van der Waals surface area contributed by atoms with Gasteiger partial charge in [0.2, 0.25) is 0 Å². The van der Waals surface area contributed by atoms with Gasteiger partial charge in [-0.2, -0.15) is 0 Å². The topological polar surface area (TPSA) is 77.6 Å². The molecule has 1 aliphatic rings. The molecule has 8 heteroatoms. The number of aromatic nitrogens is 2. The zero-order chi connectivity index (χ0) is 28.7. The lowest BCUT2D eigenvalue weighted by Gasteiger charge is -2.25. The number of anilines is 1. The standard InChI is InChI=1S/C33H30N4O3S/c1-20(2)36-19-23(26-12-8-9-13-27(26)36)18-28-32(39)37-30(22-14-16-25(40-4)17-15-22)29(21(3)34-33(37)41-28)31(38)35-24-10-6-5-7-11-24/h5-20,30H,1-4H3,(H,35,38)/b28-18+/t30-/m1/s1. The number of rotatable bonds is 6. The summed E-state index contributed by atoms with van der Waals surface area (Å²) in [6.45, 7) is 6.11. The molecular formula is C33H30N4O3S. The van der Waals surface area contributed by atoms with Gasteiger partial charge >= 0.3 is 0 Å². The van der Waals surface area contributed by atoms with E-state index in [4.69, 9.17) is 9.73 Å². The zero-order valence-electron chi connectivity index (χ0n) is 23.3. The van der Waals surface area contributed by atoms with Gasteiger partial charge in [0.25, 0.3) is 11.5 Å². The van der Waals surface area contributed by atoms with E-state index >= 15 is 0 Å². The van der Waals surface area contributed by atoms with Crippen molar-refractivity contribution in [3.8, 4) is 5.75 Å². The Hall–Kier alpha value is -4.69. The number of nitrogens with zero attached hydrogens (tertiary/aromatic N) is 3. The van der Waals surface area contributed by atoms with Crippen molar-refractivity contribution < 1.29 is 9.53 Å². The summed E-state index contributed by atoms with van der Waals surface area (Å²) >= 11 is 1.34. The average Bonchev–Trinajstić information content (AvgIpc) is 3.50. The van der Waals surface area contributed by atoms with Crippen molar-refractivity contribution in [2.24, 2.45) is 4.99 Å². The molecule has 0 spiro atoms. The molecule has 0 unspecified atom stereocenters. The fraction of sp³-hybridized carbons (Fsp3) is 0.182. The maximum atomic E-state index is 14.1. The number of thiazole rings is 1. The summed E-state index contributed by atoms with van der Waals surface area (Å²) in [5.41, 5.74) is 4.37. The molecule has 1 N–H and O–H groups in total. The number of nitrogens with one attached hydrogen (secondary N) is 1. The molecule has 2 aromatic heterocycles. The van der Waals surface area contributed by atoms with Gasteiger partial charge < -0.3 is 14.6 Å². The molecule has 41 heavy (non-hydrogen) atoms. The summed E-state index contributed by atoms with van der Waals surface area (Å²) in [6, 6.07) is 24.6. The first-order valence-electron chi connectivity index (χ1n) is 13.5. The summed E-state index contributed by atoms with van der Waals surface area (Å²) in [5, 5.41) is 4.07. The number of carbonyl (C=O) groups is 1. The van der Waals surface area contributed by atoms with Crippen molar-refractivity contribution in [1.82, 2.24) is 9.13 Å². The van der Waals surface area contributed by atoms with Crippen LogP contribution in [0.3, 0.4) is 0 Å². The van der Waals surface area contributed by atoms with E-state index in [1.165, 1.54) is 11.3 Å². The molecule has 6 rings (SSSR count). The normalized spacial score (nSPS) is 15.2. The van der Waals surface area contributed by atoms with Gasteiger partial charge in [-0.05, 0) is 62.7 Å². The van der Waals surface area contributed by atoms with E-state index < -0.39 is 6.04 Å². The number of allylic oxidation sites excluding steroid dienone is 1. The van der Waals surface area contributed by atoms with Gasteiger partial charge in [-0.1, -0.05) is 59.9 Å². The summed E-state index contributed by atoms with van der Waals surface area (Å²) < 4.78 is 9.79.